The Balaban J connectivity index is 3.39. The lowest BCUT2D eigenvalue weighted by Crippen LogP contribution is -1.98. The second-order valence-corrected chi connectivity index (χ2v) is 2.14. The SMILES string of the molecule is COc1cc(O)c(F)c(N)c1F. The number of hydrogen-bond donors (Lipinski definition) is 2. The van der Waals surface area contributed by atoms with E-state index in [2.05, 4.69) is 4.74 Å². The molecule has 3 N–H and O–H groups in total. The number of aromatic hydroxyl groups is 1. The van der Waals surface area contributed by atoms with Gasteiger partial charge in [0.1, 0.15) is 5.69 Å². The molecule has 5 heteroatoms. The number of hydrogen-bond acceptors (Lipinski definition) is 3. The van der Waals surface area contributed by atoms with Crippen molar-refractivity contribution in [2.24, 2.45) is 0 Å². The predicted octanol–water partition coefficient (Wildman–Crippen LogP) is 1.26. The van der Waals surface area contributed by atoms with Gasteiger partial charge in [0, 0.05) is 6.07 Å². The highest BCUT2D eigenvalue weighted by Crippen LogP contribution is 2.31. The lowest BCUT2D eigenvalue weighted by Gasteiger charge is -2.05. The number of phenolic OH excluding ortho intramolecular Hbond substituents is 1. The van der Waals surface area contributed by atoms with E-state index in [9.17, 15) is 8.78 Å². The number of methoxy groups -OCH3 is 1. The Morgan fingerprint density at radius 2 is 2.00 bits per heavy atom. The Labute approximate surface area is 67.4 Å². The number of halogens is 2. The van der Waals surface area contributed by atoms with E-state index >= 15 is 0 Å². The van der Waals surface area contributed by atoms with Gasteiger partial charge in [0.15, 0.2) is 23.1 Å². The second-order valence-electron chi connectivity index (χ2n) is 2.14. The fourth-order valence-electron chi connectivity index (χ4n) is 0.766. The maximum absolute atomic E-state index is 12.8. The molecule has 3 nitrogen and oxygen atoms in total. The molecule has 0 heterocycles. The maximum Gasteiger partial charge on any atom is 0.191 e. The predicted molar refractivity (Wildman–Crippen MR) is 39.0 cm³/mol. The molecule has 1 aromatic rings. The zero-order valence-electron chi connectivity index (χ0n) is 6.27. The summed E-state index contributed by atoms with van der Waals surface area (Å²) in [6.07, 6.45) is 0. The molecule has 0 radical (unpaired) electrons. The van der Waals surface area contributed by atoms with E-state index in [0.29, 0.717) is 0 Å². The van der Waals surface area contributed by atoms with Gasteiger partial charge in [0.25, 0.3) is 0 Å². The average Bonchev–Trinajstić information content (AvgIpc) is 2.08. The number of rotatable bonds is 1. The van der Waals surface area contributed by atoms with Crippen molar-refractivity contribution in [1.29, 1.82) is 0 Å². The van der Waals surface area contributed by atoms with E-state index in [0.717, 1.165) is 6.07 Å². The molecule has 0 spiro atoms. The van der Waals surface area contributed by atoms with Crippen molar-refractivity contribution in [3.8, 4) is 11.5 Å². The molecule has 0 saturated heterocycles. The lowest BCUT2D eigenvalue weighted by molar-refractivity contribution is 0.373. The van der Waals surface area contributed by atoms with Crippen molar-refractivity contribution >= 4 is 5.69 Å². The highest BCUT2D eigenvalue weighted by atomic mass is 19.1. The number of benzene rings is 1. The molecule has 0 atom stereocenters. The Bertz CT molecular complexity index is 315. The van der Waals surface area contributed by atoms with Crippen LogP contribution in [0.2, 0.25) is 0 Å². The molecule has 0 amide bonds. The van der Waals surface area contributed by atoms with E-state index in [1.807, 2.05) is 0 Å². The van der Waals surface area contributed by atoms with Crippen molar-refractivity contribution < 1.29 is 18.6 Å². The van der Waals surface area contributed by atoms with E-state index in [-0.39, 0.29) is 5.75 Å². The summed E-state index contributed by atoms with van der Waals surface area (Å²) < 4.78 is 30.0. The van der Waals surface area contributed by atoms with Gasteiger partial charge in [-0.3, -0.25) is 0 Å². The molecule has 0 aromatic heterocycles. The minimum atomic E-state index is -1.17. The molecule has 0 unspecified atom stereocenters. The summed E-state index contributed by atoms with van der Waals surface area (Å²) in [6.45, 7) is 0. The normalized spacial score (nSPS) is 9.92. The highest BCUT2D eigenvalue weighted by Gasteiger charge is 2.15. The van der Waals surface area contributed by atoms with Gasteiger partial charge in [-0.25, -0.2) is 8.78 Å². The van der Waals surface area contributed by atoms with Crippen LogP contribution in [-0.2, 0) is 0 Å². The van der Waals surface area contributed by atoms with Gasteiger partial charge >= 0.3 is 0 Å². The largest absolute Gasteiger partial charge is 0.505 e. The molecule has 0 fully saturated rings. The van der Waals surface area contributed by atoms with Gasteiger partial charge in [-0.2, -0.15) is 0 Å². The Morgan fingerprint density at radius 3 is 2.50 bits per heavy atom. The molecular weight excluding hydrogens is 168 g/mol. The first kappa shape index (κ1) is 8.58. The first-order valence-corrected chi connectivity index (χ1v) is 3.08. The van der Waals surface area contributed by atoms with Crippen LogP contribution in [-0.4, -0.2) is 12.2 Å². The summed E-state index contributed by atoms with van der Waals surface area (Å²) >= 11 is 0. The van der Waals surface area contributed by atoms with Crippen molar-refractivity contribution in [2.75, 3.05) is 12.8 Å². The minimum Gasteiger partial charge on any atom is -0.505 e. The molecule has 0 bridgehead atoms. The van der Waals surface area contributed by atoms with Crippen LogP contribution in [0.15, 0.2) is 6.07 Å². The van der Waals surface area contributed by atoms with Crippen molar-refractivity contribution in [1.82, 2.24) is 0 Å². The monoisotopic (exact) mass is 175 g/mol. The number of nitrogens with two attached hydrogens (primary N) is 1. The third kappa shape index (κ3) is 1.13. The van der Waals surface area contributed by atoms with E-state index in [1.54, 1.807) is 0 Å². The summed E-state index contributed by atoms with van der Waals surface area (Å²) in [5.41, 5.74) is 4.23. The standard InChI is InChI=1S/C7H7F2NO2/c1-12-4-2-3(11)5(8)7(10)6(4)9/h2,11H,10H2,1H3. The van der Waals surface area contributed by atoms with Gasteiger partial charge in [-0.15, -0.1) is 0 Å². The molecule has 0 aliphatic heterocycles. The van der Waals surface area contributed by atoms with Gasteiger partial charge < -0.3 is 15.6 Å². The highest BCUT2D eigenvalue weighted by molar-refractivity contribution is 5.53. The number of phenols is 1. The summed E-state index contributed by atoms with van der Waals surface area (Å²) in [5.74, 6) is -3.20. The first-order valence-electron chi connectivity index (χ1n) is 3.08. The quantitative estimate of drug-likeness (QED) is 0.632. The van der Waals surface area contributed by atoms with Crippen LogP contribution in [0.1, 0.15) is 0 Å². The molecule has 0 aliphatic carbocycles. The Morgan fingerprint density at radius 1 is 1.42 bits per heavy atom. The molecule has 0 saturated carbocycles. The smallest absolute Gasteiger partial charge is 0.191 e. The van der Waals surface area contributed by atoms with Crippen LogP contribution in [0.3, 0.4) is 0 Å². The molecule has 12 heavy (non-hydrogen) atoms. The number of anilines is 1. The van der Waals surface area contributed by atoms with Gasteiger partial charge in [-0.1, -0.05) is 0 Å². The zero-order chi connectivity index (χ0) is 9.30. The number of nitrogen functional groups attached to an aromatic ring is 1. The van der Waals surface area contributed by atoms with Crippen LogP contribution < -0.4 is 10.5 Å². The topological polar surface area (TPSA) is 55.5 Å². The second kappa shape index (κ2) is 2.84. The fourth-order valence-corrected chi connectivity index (χ4v) is 0.766. The zero-order valence-corrected chi connectivity index (χ0v) is 6.27. The third-order valence-electron chi connectivity index (χ3n) is 1.40. The summed E-state index contributed by atoms with van der Waals surface area (Å²) in [5, 5.41) is 8.83. The van der Waals surface area contributed by atoms with Crippen LogP contribution >= 0.6 is 0 Å². The van der Waals surface area contributed by atoms with Gasteiger partial charge in [-0.05, 0) is 0 Å². The average molecular weight is 175 g/mol. The van der Waals surface area contributed by atoms with E-state index < -0.39 is 23.1 Å². The first-order chi connectivity index (χ1) is 5.57. The summed E-state index contributed by atoms with van der Waals surface area (Å²) in [6, 6.07) is 0.820. The Kier molecular flexibility index (Phi) is 2.03. The maximum atomic E-state index is 12.8. The minimum absolute atomic E-state index is 0.286. The van der Waals surface area contributed by atoms with Gasteiger partial charge in [0.2, 0.25) is 0 Å². The molecule has 66 valence electrons. The fraction of sp³-hybridized carbons (Fsp3) is 0.143. The van der Waals surface area contributed by atoms with E-state index in [1.165, 1.54) is 7.11 Å². The van der Waals surface area contributed by atoms with Crippen molar-refractivity contribution in [3.05, 3.63) is 17.7 Å². The molecule has 0 aliphatic rings. The lowest BCUT2D eigenvalue weighted by atomic mass is 10.2. The molecule has 1 rings (SSSR count). The van der Waals surface area contributed by atoms with Crippen LogP contribution in [0, 0.1) is 11.6 Å². The number of ether oxygens (including phenoxy) is 1. The third-order valence-corrected chi connectivity index (χ3v) is 1.40. The molecule has 1 aromatic carbocycles. The van der Waals surface area contributed by atoms with Crippen LogP contribution in [0.5, 0.6) is 11.5 Å². The van der Waals surface area contributed by atoms with Crippen LogP contribution in [0.4, 0.5) is 14.5 Å². The van der Waals surface area contributed by atoms with Crippen LogP contribution in [0.25, 0.3) is 0 Å². The summed E-state index contributed by atoms with van der Waals surface area (Å²) in [4.78, 5) is 0. The van der Waals surface area contributed by atoms with E-state index in [4.69, 9.17) is 10.8 Å². The van der Waals surface area contributed by atoms with Gasteiger partial charge in [0.05, 0.1) is 7.11 Å². The van der Waals surface area contributed by atoms with Crippen molar-refractivity contribution in [3.63, 3.8) is 0 Å². The summed E-state index contributed by atoms with van der Waals surface area (Å²) in [7, 11) is 1.19. The van der Waals surface area contributed by atoms with Crippen molar-refractivity contribution in [2.45, 2.75) is 0 Å². The Hall–Kier alpha value is -1.52. The molecular formula is C7H7F2NO2.